The SMILES string of the molecule is COc1ccc(Br)cc1CNS(=O)(=O)N1CC1. The molecule has 0 aliphatic carbocycles. The molecule has 0 bridgehead atoms. The number of nitrogens with one attached hydrogen (secondary N) is 1. The Kier molecular flexibility index (Phi) is 3.72. The van der Waals surface area contributed by atoms with Gasteiger partial charge in [0.15, 0.2) is 0 Å². The Morgan fingerprint density at radius 3 is 2.76 bits per heavy atom. The number of hydrogen-bond donors (Lipinski definition) is 1. The van der Waals surface area contributed by atoms with Crippen molar-refractivity contribution < 1.29 is 13.2 Å². The van der Waals surface area contributed by atoms with Crippen LogP contribution in [0.1, 0.15) is 5.56 Å². The van der Waals surface area contributed by atoms with Gasteiger partial charge in [-0.05, 0) is 18.2 Å². The van der Waals surface area contributed by atoms with Crippen LogP contribution in [0.15, 0.2) is 22.7 Å². The second-order valence-electron chi connectivity index (χ2n) is 3.68. The molecule has 1 aromatic rings. The van der Waals surface area contributed by atoms with E-state index in [4.69, 9.17) is 4.74 Å². The van der Waals surface area contributed by atoms with Gasteiger partial charge in [-0.25, -0.2) is 0 Å². The van der Waals surface area contributed by atoms with Gasteiger partial charge in [-0.15, -0.1) is 0 Å². The Balaban J connectivity index is 2.10. The molecule has 2 rings (SSSR count). The van der Waals surface area contributed by atoms with Gasteiger partial charge >= 0.3 is 0 Å². The summed E-state index contributed by atoms with van der Waals surface area (Å²) >= 11 is 3.34. The van der Waals surface area contributed by atoms with Crippen molar-refractivity contribution in [2.75, 3.05) is 20.2 Å². The fourth-order valence-electron chi connectivity index (χ4n) is 1.43. The van der Waals surface area contributed by atoms with Crippen LogP contribution in [0.4, 0.5) is 0 Å². The zero-order valence-corrected chi connectivity index (χ0v) is 11.7. The molecule has 1 aliphatic heterocycles. The van der Waals surface area contributed by atoms with E-state index in [1.54, 1.807) is 13.2 Å². The number of methoxy groups -OCH3 is 1. The minimum atomic E-state index is -3.31. The third-order valence-corrected chi connectivity index (χ3v) is 4.48. The van der Waals surface area contributed by atoms with Crippen molar-refractivity contribution in [3.05, 3.63) is 28.2 Å². The normalized spacial score (nSPS) is 15.9. The molecule has 0 amide bonds. The molecule has 1 aromatic carbocycles. The third-order valence-electron chi connectivity index (χ3n) is 2.43. The first-order valence-corrected chi connectivity index (χ1v) is 7.33. The van der Waals surface area contributed by atoms with Crippen LogP contribution < -0.4 is 9.46 Å². The monoisotopic (exact) mass is 320 g/mol. The number of ether oxygens (including phenoxy) is 1. The molecule has 7 heteroatoms. The van der Waals surface area contributed by atoms with Crippen LogP contribution in [0.25, 0.3) is 0 Å². The summed E-state index contributed by atoms with van der Waals surface area (Å²) in [6, 6.07) is 5.48. The summed E-state index contributed by atoms with van der Waals surface area (Å²) < 4.78 is 33.2. The van der Waals surface area contributed by atoms with Gasteiger partial charge in [-0.1, -0.05) is 15.9 Å². The van der Waals surface area contributed by atoms with Crippen molar-refractivity contribution >= 4 is 26.1 Å². The Labute approximate surface area is 109 Å². The highest BCUT2D eigenvalue weighted by Gasteiger charge is 2.31. The maximum Gasteiger partial charge on any atom is 0.279 e. The first-order valence-electron chi connectivity index (χ1n) is 5.10. The fourth-order valence-corrected chi connectivity index (χ4v) is 2.92. The molecule has 0 spiro atoms. The molecule has 0 aromatic heterocycles. The molecule has 17 heavy (non-hydrogen) atoms. The first kappa shape index (κ1) is 12.8. The van der Waals surface area contributed by atoms with E-state index in [0.29, 0.717) is 18.8 Å². The molecule has 1 saturated heterocycles. The Morgan fingerprint density at radius 2 is 2.18 bits per heavy atom. The summed E-state index contributed by atoms with van der Waals surface area (Å²) in [5.41, 5.74) is 0.798. The standard InChI is InChI=1S/C10H13BrN2O3S/c1-16-10-3-2-9(11)6-8(10)7-12-17(14,15)13-4-5-13/h2-3,6,12H,4-5,7H2,1H3. The van der Waals surface area contributed by atoms with Crippen LogP contribution in [-0.4, -0.2) is 32.9 Å². The predicted molar refractivity (Wildman–Crippen MR) is 68.0 cm³/mol. The molecule has 0 radical (unpaired) electrons. The van der Waals surface area contributed by atoms with Crippen molar-refractivity contribution in [3.8, 4) is 5.75 Å². The van der Waals surface area contributed by atoms with Crippen molar-refractivity contribution in [2.24, 2.45) is 0 Å². The first-order chi connectivity index (χ1) is 8.03. The summed E-state index contributed by atoms with van der Waals surface area (Å²) in [7, 11) is -1.75. The molecule has 1 aliphatic rings. The summed E-state index contributed by atoms with van der Waals surface area (Å²) in [6.45, 7) is 1.43. The minimum Gasteiger partial charge on any atom is -0.496 e. The highest BCUT2D eigenvalue weighted by molar-refractivity contribution is 9.10. The van der Waals surface area contributed by atoms with Crippen LogP contribution >= 0.6 is 15.9 Å². The van der Waals surface area contributed by atoms with Gasteiger partial charge in [0.1, 0.15) is 5.75 Å². The van der Waals surface area contributed by atoms with Crippen molar-refractivity contribution in [1.82, 2.24) is 9.03 Å². The maximum absolute atomic E-state index is 11.6. The van der Waals surface area contributed by atoms with Gasteiger partial charge in [0.25, 0.3) is 10.2 Å². The summed E-state index contributed by atoms with van der Waals surface area (Å²) in [6.07, 6.45) is 0. The van der Waals surface area contributed by atoms with Gasteiger partial charge in [-0.2, -0.15) is 17.4 Å². The molecule has 0 unspecified atom stereocenters. The zero-order valence-electron chi connectivity index (χ0n) is 9.31. The number of nitrogens with zero attached hydrogens (tertiary/aromatic N) is 1. The smallest absolute Gasteiger partial charge is 0.279 e. The van der Waals surface area contributed by atoms with Gasteiger partial charge in [0.05, 0.1) is 7.11 Å². The Hall–Kier alpha value is -0.630. The molecular weight excluding hydrogens is 308 g/mol. The van der Waals surface area contributed by atoms with E-state index in [-0.39, 0.29) is 6.54 Å². The van der Waals surface area contributed by atoms with Crippen LogP contribution in [0, 0.1) is 0 Å². The van der Waals surface area contributed by atoms with Crippen LogP contribution in [0.2, 0.25) is 0 Å². The fraction of sp³-hybridized carbons (Fsp3) is 0.400. The topological polar surface area (TPSA) is 58.4 Å². The molecule has 94 valence electrons. The van der Waals surface area contributed by atoms with Crippen LogP contribution in [0.3, 0.4) is 0 Å². The van der Waals surface area contributed by atoms with Crippen molar-refractivity contribution in [2.45, 2.75) is 6.54 Å². The highest BCUT2D eigenvalue weighted by Crippen LogP contribution is 2.23. The predicted octanol–water partition coefficient (Wildman–Crippen LogP) is 1.11. The van der Waals surface area contributed by atoms with E-state index in [9.17, 15) is 8.42 Å². The molecule has 1 fully saturated rings. The van der Waals surface area contributed by atoms with E-state index >= 15 is 0 Å². The lowest BCUT2D eigenvalue weighted by molar-refractivity contribution is 0.409. The average molecular weight is 321 g/mol. The van der Waals surface area contributed by atoms with E-state index in [0.717, 1.165) is 10.0 Å². The van der Waals surface area contributed by atoms with Crippen molar-refractivity contribution in [1.29, 1.82) is 0 Å². The molecule has 0 saturated carbocycles. The molecule has 1 heterocycles. The zero-order chi connectivity index (χ0) is 12.5. The summed E-state index contributed by atoms with van der Waals surface area (Å²) in [5.74, 6) is 0.668. The highest BCUT2D eigenvalue weighted by atomic mass is 79.9. The van der Waals surface area contributed by atoms with E-state index < -0.39 is 10.2 Å². The number of rotatable bonds is 5. The van der Waals surface area contributed by atoms with Crippen molar-refractivity contribution in [3.63, 3.8) is 0 Å². The summed E-state index contributed by atoms with van der Waals surface area (Å²) in [5, 5.41) is 0. The number of halogens is 1. The molecule has 5 nitrogen and oxygen atoms in total. The number of hydrogen-bond acceptors (Lipinski definition) is 3. The maximum atomic E-state index is 11.6. The Morgan fingerprint density at radius 1 is 1.47 bits per heavy atom. The third kappa shape index (κ3) is 3.19. The second kappa shape index (κ2) is 4.93. The number of benzene rings is 1. The van der Waals surface area contributed by atoms with Gasteiger partial charge in [0, 0.05) is 29.7 Å². The quantitative estimate of drug-likeness (QED) is 0.827. The van der Waals surface area contributed by atoms with Gasteiger partial charge < -0.3 is 4.74 Å². The van der Waals surface area contributed by atoms with E-state index in [1.165, 1.54) is 4.31 Å². The van der Waals surface area contributed by atoms with Gasteiger partial charge in [0.2, 0.25) is 0 Å². The second-order valence-corrected chi connectivity index (χ2v) is 6.35. The lowest BCUT2D eigenvalue weighted by atomic mass is 10.2. The lowest BCUT2D eigenvalue weighted by Gasteiger charge is -2.10. The average Bonchev–Trinajstić information content (AvgIpc) is 3.11. The lowest BCUT2D eigenvalue weighted by Crippen LogP contribution is -2.29. The molecular formula is C10H13BrN2O3S. The largest absolute Gasteiger partial charge is 0.496 e. The van der Waals surface area contributed by atoms with E-state index in [1.807, 2.05) is 12.1 Å². The molecule has 1 N–H and O–H groups in total. The molecule has 0 atom stereocenters. The summed E-state index contributed by atoms with van der Waals surface area (Å²) in [4.78, 5) is 0. The minimum absolute atomic E-state index is 0.224. The van der Waals surface area contributed by atoms with Gasteiger partial charge in [-0.3, -0.25) is 0 Å². The van der Waals surface area contributed by atoms with Crippen LogP contribution in [-0.2, 0) is 16.8 Å². The Bertz CT molecular complexity index is 514. The van der Waals surface area contributed by atoms with E-state index in [2.05, 4.69) is 20.7 Å². The van der Waals surface area contributed by atoms with Crippen LogP contribution in [0.5, 0.6) is 5.75 Å².